The first kappa shape index (κ1) is 8.99. The summed E-state index contributed by atoms with van der Waals surface area (Å²) < 4.78 is 12.8. The van der Waals surface area contributed by atoms with Gasteiger partial charge in [-0.2, -0.15) is 0 Å². The van der Waals surface area contributed by atoms with Crippen molar-refractivity contribution >= 4 is 11.6 Å². The number of hydrogen-bond acceptors (Lipinski definition) is 2. The lowest BCUT2D eigenvalue weighted by Gasteiger charge is -2.08. The molecule has 0 aromatic heterocycles. The Bertz CT molecular complexity index is 378. The number of nitrogens with one attached hydrogen (secondary N) is 2. The number of benzene rings is 1. The van der Waals surface area contributed by atoms with Gasteiger partial charge in [0, 0.05) is 19.2 Å². The molecule has 74 valence electrons. The SMILES string of the molecule is CNC(=O)C1Cc2cc(F)ccc2N1. The zero-order valence-electron chi connectivity index (χ0n) is 7.80. The van der Waals surface area contributed by atoms with Gasteiger partial charge in [-0.25, -0.2) is 4.39 Å². The Balaban J connectivity index is 2.22. The fourth-order valence-electron chi connectivity index (χ4n) is 1.66. The normalized spacial score (nSPS) is 18.6. The number of anilines is 1. The van der Waals surface area contributed by atoms with E-state index >= 15 is 0 Å². The maximum atomic E-state index is 12.8. The lowest BCUT2D eigenvalue weighted by Crippen LogP contribution is -2.36. The van der Waals surface area contributed by atoms with Gasteiger partial charge in [0.05, 0.1) is 0 Å². The number of carbonyl (C=O) groups is 1. The molecular weight excluding hydrogens is 183 g/mol. The molecule has 0 bridgehead atoms. The molecule has 0 saturated carbocycles. The van der Waals surface area contributed by atoms with E-state index in [1.807, 2.05) is 0 Å². The van der Waals surface area contributed by atoms with Crippen molar-refractivity contribution in [3.05, 3.63) is 29.6 Å². The number of rotatable bonds is 1. The molecular formula is C10H11FN2O. The molecule has 1 aliphatic rings. The highest BCUT2D eigenvalue weighted by Crippen LogP contribution is 2.26. The average Bonchev–Trinajstić information content (AvgIpc) is 2.59. The molecule has 1 atom stereocenters. The van der Waals surface area contributed by atoms with Crippen LogP contribution in [0.2, 0.25) is 0 Å². The number of carbonyl (C=O) groups excluding carboxylic acids is 1. The van der Waals surface area contributed by atoms with Crippen LogP contribution in [0.15, 0.2) is 18.2 Å². The summed E-state index contributed by atoms with van der Waals surface area (Å²) in [5.41, 5.74) is 1.71. The molecule has 0 radical (unpaired) electrons. The molecule has 14 heavy (non-hydrogen) atoms. The van der Waals surface area contributed by atoms with Gasteiger partial charge >= 0.3 is 0 Å². The average molecular weight is 194 g/mol. The van der Waals surface area contributed by atoms with Crippen molar-refractivity contribution in [3.63, 3.8) is 0 Å². The van der Waals surface area contributed by atoms with Crippen LogP contribution in [0, 0.1) is 5.82 Å². The molecule has 1 unspecified atom stereocenters. The summed E-state index contributed by atoms with van der Waals surface area (Å²) in [6.07, 6.45) is 0.548. The Morgan fingerprint density at radius 2 is 2.43 bits per heavy atom. The van der Waals surface area contributed by atoms with Crippen molar-refractivity contribution < 1.29 is 9.18 Å². The van der Waals surface area contributed by atoms with E-state index in [9.17, 15) is 9.18 Å². The first-order chi connectivity index (χ1) is 6.70. The molecule has 1 amide bonds. The minimum atomic E-state index is -0.267. The zero-order valence-corrected chi connectivity index (χ0v) is 7.80. The highest BCUT2D eigenvalue weighted by molar-refractivity contribution is 5.87. The van der Waals surface area contributed by atoms with Crippen molar-refractivity contribution in [2.45, 2.75) is 12.5 Å². The molecule has 0 aliphatic carbocycles. The van der Waals surface area contributed by atoms with Gasteiger partial charge in [0.2, 0.25) is 5.91 Å². The third-order valence-corrected chi connectivity index (χ3v) is 2.38. The van der Waals surface area contributed by atoms with Crippen LogP contribution in [0.5, 0.6) is 0 Å². The highest BCUT2D eigenvalue weighted by atomic mass is 19.1. The molecule has 0 fully saturated rings. The van der Waals surface area contributed by atoms with Crippen molar-refractivity contribution in [1.82, 2.24) is 5.32 Å². The summed E-state index contributed by atoms with van der Waals surface area (Å²) in [4.78, 5) is 11.3. The minimum absolute atomic E-state index is 0.0680. The van der Waals surface area contributed by atoms with E-state index in [1.54, 1.807) is 13.1 Å². The molecule has 1 aromatic carbocycles. The predicted octanol–water partition coefficient (Wildman–Crippen LogP) is 0.908. The van der Waals surface area contributed by atoms with Gasteiger partial charge in [0.1, 0.15) is 11.9 Å². The summed E-state index contributed by atoms with van der Waals surface area (Å²) in [7, 11) is 1.59. The van der Waals surface area contributed by atoms with Crippen LogP contribution in [-0.4, -0.2) is 19.0 Å². The second-order valence-corrected chi connectivity index (χ2v) is 3.32. The highest BCUT2D eigenvalue weighted by Gasteiger charge is 2.25. The van der Waals surface area contributed by atoms with Crippen LogP contribution < -0.4 is 10.6 Å². The molecule has 0 spiro atoms. The molecule has 1 aromatic rings. The number of hydrogen-bond donors (Lipinski definition) is 2. The van der Waals surface area contributed by atoms with Crippen LogP contribution >= 0.6 is 0 Å². The van der Waals surface area contributed by atoms with Gasteiger partial charge in [0.15, 0.2) is 0 Å². The van der Waals surface area contributed by atoms with Gasteiger partial charge in [0.25, 0.3) is 0 Å². The third-order valence-electron chi connectivity index (χ3n) is 2.38. The Labute approximate surface area is 81.3 Å². The number of likely N-dealkylation sites (N-methyl/N-ethyl adjacent to an activating group) is 1. The topological polar surface area (TPSA) is 41.1 Å². The van der Waals surface area contributed by atoms with Crippen molar-refractivity contribution in [2.75, 3.05) is 12.4 Å². The van der Waals surface area contributed by atoms with E-state index in [0.29, 0.717) is 6.42 Å². The van der Waals surface area contributed by atoms with E-state index in [2.05, 4.69) is 10.6 Å². The van der Waals surface area contributed by atoms with Crippen LogP contribution in [-0.2, 0) is 11.2 Å². The quantitative estimate of drug-likeness (QED) is 0.697. The van der Waals surface area contributed by atoms with Gasteiger partial charge in [-0.1, -0.05) is 0 Å². The standard InChI is InChI=1S/C10H11FN2O/c1-12-10(14)9-5-6-4-7(11)2-3-8(6)13-9/h2-4,9,13H,5H2,1H3,(H,12,14). The fraction of sp³-hybridized carbons (Fsp3) is 0.300. The van der Waals surface area contributed by atoms with Gasteiger partial charge in [-0.15, -0.1) is 0 Å². The molecule has 2 N–H and O–H groups in total. The molecule has 1 aliphatic heterocycles. The molecule has 2 rings (SSSR count). The molecule has 4 heteroatoms. The van der Waals surface area contributed by atoms with E-state index in [1.165, 1.54) is 12.1 Å². The number of halogens is 1. The van der Waals surface area contributed by atoms with Gasteiger partial charge in [-0.3, -0.25) is 4.79 Å². The monoisotopic (exact) mass is 194 g/mol. The smallest absolute Gasteiger partial charge is 0.242 e. The summed E-state index contributed by atoms with van der Waals surface area (Å²) in [5, 5.41) is 5.59. The van der Waals surface area contributed by atoms with Crippen molar-refractivity contribution in [2.24, 2.45) is 0 Å². The third kappa shape index (κ3) is 1.43. The van der Waals surface area contributed by atoms with Crippen LogP contribution in [0.3, 0.4) is 0 Å². The first-order valence-electron chi connectivity index (χ1n) is 4.47. The maximum Gasteiger partial charge on any atom is 0.242 e. The Hall–Kier alpha value is -1.58. The number of fused-ring (bicyclic) bond motifs is 1. The predicted molar refractivity (Wildman–Crippen MR) is 51.6 cm³/mol. The maximum absolute atomic E-state index is 12.8. The van der Waals surface area contributed by atoms with Crippen LogP contribution in [0.25, 0.3) is 0 Å². The zero-order chi connectivity index (χ0) is 10.1. The van der Waals surface area contributed by atoms with Crippen molar-refractivity contribution in [3.8, 4) is 0 Å². The molecule has 1 heterocycles. The Kier molecular flexibility index (Phi) is 2.11. The fourth-order valence-corrected chi connectivity index (χ4v) is 1.66. The van der Waals surface area contributed by atoms with E-state index in [-0.39, 0.29) is 17.8 Å². The summed E-state index contributed by atoms with van der Waals surface area (Å²) in [6, 6.07) is 4.24. The minimum Gasteiger partial charge on any atom is -0.373 e. The lowest BCUT2D eigenvalue weighted by molar-refractivity contribution is -0.121. The van der Waals surface area contributed by atoms with E-state index < -0.39 is 0 Å². The van der Waals surface area contributed by atoms with Gasteiger partial charge < -0.3 is 10.6 Å². The van der Waals surface area contributed by atoms with E-state index in [0.717, 1.165) is 11.3 Å². The second kappa shape index (κ2) is 3.29. The largest absolute Gasteiger partial charge is 0.373 e. The Morgan fingerprint density at radius 1 is 1.64 bits per heavy atom. The summed E-state index contributed by atoms with van der Waals surface area (Å²) >= 11 is 0. The molecule has 3 nitrogen and oxygen atoms in total. The first-order valence-corrected chi connectivity index (χ1v) is 4.47. The van der Waals surface area contributed by atoms with Gasteiger partial charge in [-0.05, 0) is 23.8 Å². The summed E-state index contributed by atoms with van der Waals surface area (Å²) in [5.74, 6) is -0.329. The van der Waals surface area contributed by atoms with Crippen LogP contribution in [0.1, 0.15) is 5.56 Å². The lowest BCUT2D eigenvalue weighted by atomic mass is 10.1. The molecule has 0 saturated heterocycles. The Morgan fingerprint density at radius 3 is 3.14 bits per heavy atom. The van der Waals surface area contributed by atoms with Crippen LogP contribution in [0.4, 0.5) is 10.1 Å². The second-order valence-electron chi connectivity index (χ2n) is 3.32. The summed E-state index contributed by atoms with van der Waals surface area (Å²) in [6.45, 7) is 0. The van der Waals surface area contributed by atoms with E-state index in [4.69, 9.17) is 0 Å². The van der Waals surface area contributed by atoms with Crippen molar-refractivity contribution in [1.29, 1.82) is 0 Å². The number of amides is 1.